The Hall–Kier alpha value is -1.55. The summed E-state index contributed by atoms with van der Waals surface area (Å²) in [5, 5.41) is 5.64. The first kappa shape index (κ1) is 11.0. The lowest BCUT2D eigenvalue weighted by atomic mass is 10.2. The molecule has 16 heavy (non-hydrogen) atoms. The Morgan fingerprint density at radius 3 is 2.94 bits per heavy atom. The van der Waals surface area contributed by atoms with E-state index in [1.807, 2.05) is 24.3 Å². The summed E-state index contributed by atoms with van der Waals surface area (Å²) >= 11 is 0. The van der Waals surface area contributed by atoms with Gasteiger partial charge in [-0.3, -0.25) is 0 Å². The number of amides is 2. The first-order valence-corrected chi connectivity index (χ1v) is 5.62. The van der Waals surface area contributed by atoms with Crippen LogP contribution in [0.4, 0.5) is 10.5 Å². The number of urea groups is 1. The zero-order valence-electron chi connectivity index (χ0n) is 9.20. The number of hydrogen-bond donors (Lipinski definition) is 3. The van der Waals surface area contributed by atoms with Gasteiger partial charge < -0.3 is 16.4 Å². The fourth-order valence-electron chi connectivity index (χ4n) is 1.51. The highest BCUT2D eigenvalue weighted by atomic mass is 16.2. The summed E-state index contributed by atoms with van der Waals surface area (Å²) in [4.78, 5) is 11.5. The summed E-state index contributed by atoms with van der Waals surface area (Å²) in [5.74, 6) is 0.695. The van der Waals surface area contributed by atoms with Gasteiger partial charge in [-0.25, -0.2) is 4.79 Å². The highest BCUT2D eigenvalue weighted by Gasteiger charge is 2.21. The number of rotatable bonds is 4. The van der Waals surface area contributed by atoms with Crippen molar-refractivity contribution >= 4 is 11.7 Å². The number of anilines is 1. The third kappa shape index (κ3) is 3.24. The summed E-state index contributed by atoms with van der Waals surface area (Å²) in [6.45, 7) is 1.27. The summed E-state index contributed by atoms with van der Waals surface area (Å²) in [6.07, 6.45) is 2.48. The van der Waals surface area contributed by atoms with E-state index in [1.54, 1.807) is 0 Å². The van der Waals surface area contributed by atoms with E-state index in [0.717, 1.165) is 17.8 Å². The van der Waals surface area contributed by atoms with Crippen LogP contribution in [0.25, 0.3) is 0 Å². The third-order valence-corrected chi connectivity index (χ3v) is 2.67. The van der Waals surface area contributed by atoms with Crippen LogP contribution in [0.15, 0.2) is 24.3 Å². The topological polar surface area (TPSA) is 67.1 Å². The standard InChI is InChI=1S/C12H17N3O/c13-7-10-2-1-3-11(6-10)15-12(16)14-8-9-4-5-9/h1-3,6,9H,4-5,7-8,13H2,(H2,14,15,16). The molecular weight excluding hydrogens is 202 g/mol. The molecule has 1 aromatic rings. The molecule has 1 aliphatic carbocycles. The number of hydrogen-bond acceptors (Lipinski definition) is 2. The lowest BCUT2D eigenvalue weighted by molar-refractivity contribution is 0.251. The number of benzene rings is 1. The molecule has 0 aromatic heterocycles. The zero-order valence-corrected chi connectivity index (χ0v) is 9.20. The normalized spacial score (nSPS) is 14.6. The smallest absolute Gasteiger partial charge is 0.319 e. The van der Waals surface area contributed by atoms with Crippen LogP contribution in [-0.4, -0.2) is 12.6 Å². The highest BCUT2D eigenvalue weighted by Crippen LogP contribution is 2.27. The van der Waals surface area contributed by atoms with Crippen LogP contribution in [-0.2, 0) is 6.54 Å². The molecule has 1 aliphatic rings. The second-order valence-electron chi connectivity index (χ2n) is 4.18. The van der Waals surface area contributed by atoms with E-state index in [-0.39, 0.29) is 6.03 Å². The minimum absolute atomic E-state index is 0.138. The minimum Gasteiger partial charge on any atom is -0.338 e. The van der Waals surface area contributed by atoms with Gasteiger partial charge in [0.05, 0.1) is 0 Å². The molecule has 2 rings (SSSR count). The molecule has 1 fully saturated rings. The monoisotopic (exact) mass is 219 g/mol. The molecule has 1 aromatic carbocycles. The molecule has 0 saturated heterocycles. The first-order valence-electron chi connectivity index (χ1n) is 5.62. The Kier molecular flexibility index (Phi) is 3.41. The van der Waals surface area contributed by atoms with Gasteiger partial charge in [-0.1, -0.05) is 12.1 Å². The van der Waals surface area contributed by atoms with Gasteiger partial charge in [0.25, 0.3) is 0 Å². The highest BCUT2D eigenvalue weighted by molar-refractivity contribution is 5.89. The predicted octanol–water partition coefficient (Wildman–Crippen LogP) is 1.68. The maximum Gasteiger partial charge on any atom is 0.319 e. The Labute approximate surface area is 95.2 Å². The van der Waals surface area contributed by atoms with Crippen LogP contribution in [0.1, 0.15) is 18.4 Å². The molecule has 0 bridgehead atoms. The van der Waals surface area contributed by atoms with Crippen molar-refractivity contribution in [2.75, 3.05) is 11.9 Å². The quantitative estimate of drug-likeness (QED) is 0.721. The van der Waals surface area contributed by atoms with Crippen molar-refractivity contribution in [3.8, 4) is 0 Å². The largest absolute Gasteiger partial charge is 0.338 e. The van der Waals surface area contributed by atoms with E-state index in [2.05, 4.69) is 10.6 Å². The number of nitrogens with two attached hydrogens (primary N) is 1. The molecular formula is C12H17N3O. The molecule has 0 aliphatic heterocycles. The van der Waals surface area contributed by atoms with Crippen molar-refractivity contribution < 1.29 is 4.79 Å². The van der Waals surface area contributed by atoms with Crippen LogP contribution < -0.4 is 16.4 Å². The first-order chi connectivity index (χ1) is 7.78. The molecule has 0 atom stereocenters. The van der Waals surface area contributed by atoms with E-state index >= 15 is 0 Å². The van der Waals surface area contributed by atoms with Crippen molar-refractivity contribution in [2.45, 2.75) is 19.4 Å². The second kappa shape index (κ2) is 4.99. The molecule has 0 radical (unpaired) electrons. The molecule has 0 spiro atoms. The van der Waals surface area contributed by atoms with Crippen LogP contribution in [0, 0.1) is 5.92 Å². The fraction of sp³-hybridized carbons (Fsp3) is 0.417. The Balaban J connectivity index is 1.83. The van der Waals surface area contributed by atoms with E-state index in [4.69, 9.17) is 5.73 Å². The molecule has 0 heterocycles. The van der Waals surface area contributed by atoms with Gasteiger partial charge in [-0.2, -0.15) is 0 Å². The number of carbonyl (C=O) groups excluding carboxylic acids is 1. The number of carbonyl (C=O) groups is 1. The summed E-state index contributed by atoms with van der Waals surface area (Å²) in [6, 6.07) is 7.43. The molecule has 0 unspecified atom stereocenters. The Morgan fingerprint density at radius 1 is 1.44 bits per heavy atom. The average Bonchev–Trinajstić information content (AvgIpc) is 3.10. The van der Waals surface area contributed by atoms with Crippen LogP contribution in [0.5, 0.6) is 0 Å². The average molecular weight is 219 g/mol. The van der Waals surface area contributed by atoms with Gasteiger partial charge in [0, 0.05) is 18.8 Å². The van der Waals surface area contributed by atoms with Gasteiger partial charge in [0.15, 0.2) is 0 Å². The molecule has 86 valence electrons. The second-order valence-corrected chi connectivity index (χ2v) is 4.18. The molecule has 2 amide bonds. The van der Waals surface area contributed by atoms with E-state index in [1.165, 1.54) is 12.8 Å². The van der Waals surface area contributed by atoms with Crippen molar-refractivity contribution in [3.63, 3.8) is 0 Å². The van der Waals surface area contributed by atoms with Crippen LogP contribution in [0.3, 0.4) is 0 Å². The SMILES string of the molecule is NCc1cccc(NC(=O)NCC2CC2)c1. The zero-order chi connectivity index (χ0) is 11.4. The lowest BCUT2D eigenvalue weighted by Gasteiger charge is -2.07. The summed E-state index contributed by atoms with van der Waals surface area (Å²) in [5.41, 5.74) is 7.33. The Bertz CT molecular complexity index is 374. The van der Waals surface area contributed by atoms with E-state index < -0.39 is 0 Å². The van der Waals surface area contributed by atoms with Gasteiger partial charge in [-0.15, -0.1) is 0 Å². The number of nitrogens with one attached hydrogen (secondary N) is 2. The lowest BCUT2D eigenvalue weighted by Crippen LogP contribution is -2.30. The van der Waals surface area contributed by atoms with Crippen LogP contribution in [0.2, 0.25) is 0 Å². The van der Waals surface area contributed by atoms with Crippen molar-refractivity contribution in [1.82, 2.24) is 5.32 Å². The van der Waals surface area contributed by atoms with E-state index in [0.29, 0.717) is 12.5 Å². The van der Waals surface area contributed by atoms with Gasteiger partial charge in [-0.05, 0) is 36.5 Å². The third-order valence-electron chi connectivity index (χ3n) is 2.67. The Morgan fingerprint density at radius 2 is 2.25 bits per heavy atom. The van der Waals surface area contributed by atoms with Crippen molar-refractivity contribution in [1.29, 1.82) is 0 Å². The van der Waals surface area contributed by atoms with Crippen molar-refractivity contribution in [2.24, 2.45) is 11.7 Å². The molecule has 4 N–H and O–H groups in total. The predicted molar refractivity (Wildman–Crippen MR) is 64.1 cm³/mol. The maximum absolute atomic E-state index is 11.5. The maximum atomic E-state index is 11.5. The van der Waals surface area contributed by atoms with Gasteiger partial charge in [0.1, 0.15) is 0 Å². The van der Waals surface area contributed by atoms with Gasteiger partial charge >= 0.3 is 6.03 Å². The van der Waals surface area contributed by atoms with Crippen LogP contribution >= 0.6 is 0 Å². The molecule has 4 heteroatoms. The van der Waals surface area contributed by atoms with Crippen molar-refractivity contribution in [3.05, 3.63) is 29.8 Å². The minimum atomic E-state index is -0.138. The molecule has 4 nitrogen and oxygen atoms in total. The van der Waals surface area contributed by atoms with Gasteiger partial charge in [0.2, 0.25) is 0 Å². The van der Waals surface area contributed by atoms with E-state index in [9.17, 15) is 4.79 Å². The summed E-state index contributed by atoms with van der Waals surface area (Å²) in [7, 11) is 0. The molecule has 1 saturated carbocycles. The summed E-state index contributed by atoms with van der Waals surface area (Å²) < 4.78 is 0. The fourth-order valence-corrected chi connectivity index (χ4v) is 1.51.